The monoisotopic (exact) mass is 402 g/mol. The first-order chi connectivity index (χ1) is 8.88. The topological polar surface area (TPSA) is 58.2 Å². The minimum Gasteiger partial charge on any atom is -0.314 e. The van der Waals surface area contributed by atoms with Crippen molar-refractivity contribution in [3.63, 3.8) is 0 Å². The molecule has 4 nitrogen and oxygen atoms in total. The second kappa shape index (κ2) is 7.42. The Bertz CT molecular complexity index is 569. The fourth-order valence-corrected chi connectivity index (χ4v) is 4.88. The molecule has 2 rings (SSSR count). The molecule has 8 heteroatoms. The number of nitrogens with one attached hydrogen (secondary N) is 2. The molecule has 0 spiro atoms. The standard InChI is InChI=1S/C12H16BrClN2O2S.ClH/c1-8-6-10(4-5-15-8)16-19(17,18)12-3-2-9(14)7-11(12)13;/h2-3,7-8,10,15-16H,4-6H2,1H3;1H. The lowest BCUT2D eigenvalue weighted by Crippen LogP contribution is -2.46. The summed E-state index contributed by atoms with van der Waals surface area (Å²) in [5, 5.41) is 3.80. The van der Waals surface area contributed by atoms with Crippen LogP contribution in [-0.2, 0) is 10.0 Å². The highest BCUT2D eigenvalue weighted by atomic mass is 79.9. The van der Waals surface area contributed by atoms with Gasteiger partial charge in [-0.05, 0) is 60.4 Å². The molecule has 1 fully saturated rings. The van der Waals surface area contributed by atoms with Gasteiger partial charge in [0, 0.05) is 21.6 Å². The van der Waals surface area contributed by atoms with Crippen molar-refractivity contribution in [1.82, 2.24) is 10.0 Å². The van der Waals surface area contributed by atoms with Gasteiger partial charge in [-0.3, -0.25) is 0 Å². The van der Waals surface area contributed by atoms with Gasteiger partial charge in [0.05, 0.1) is 4.90 Å². The van der Waals surface area contributed by atoms with E-state index in [1.165, 1.54) is 6.07 Å². The van der Waals surface area contributed by atoms with Gasteiger partial charge < -0.3 is 5.32 Å². The lowest BCUT2D eigenvalue weighted by Gasteiger charge is -2.28. The van der Waals surface area contributed by atoms with E-state index in [-0.39, 0.29) is 23.3 Å². The predicted molar refractivity (Wildman–Crippen MR) is 87.2 cm³/mol. The van der Waals surface area contributed by atoms with Crippen molar-refractivity contribution in [3.8, 4) is 0 Å². The van der Waals surface area contributed by atoms with Crippen LogP contribution in [0.2, 0.25) is 5.02 Å². The van der Waals surface area contributed by atoms with E-state index in [0.717, 1.165) is 19.4 Å². The molecule has 114 valence electrons. The highest BCUT2D eigenvalue weighted by Gasteiger charge is 2.25. The van der Waals surface area contributed by atoms with Gasteiger partial charge in [0.2, 0.25) is 10.0 Å². The Hall–Kier alpha value is 0.150. The van der Waals surface area contributed by atoms with Crippen molar-refractivity contribution in [3.05, 3.63) is 27.7 Å². The molecule has 1 aliphatic rings. The molecule has 2 unspecified atom stereocenters. The van der Waals surface area contributed by atoms with Gasteiger partial charge in [-0.15, -0.1) is 12.4 Å². The van der Waals surface area contributed by atoms with Crippen LogP contribution in [0.15, 0.2) is 27.6 Å². The van der Waals surface area contributed by atoms with Crippen molar-refractivity contribution >= 4 is 50.0 Å². The van der Waals surface area contributed by atoms with Gasteiger partial charge >= 0.3 is 0 Å². The number of benzene rings is 1. The Kier molecular flexibility index (Phi) is 6.76. The third-order valence-electron chi connectivity index (χ3n) is 3.13. The van der Waals surface area contributed by atoms with Crippen molar-refractivity contribution < 1.29 is 8.42 Å². The van der Waals surface area contributed by atoms with Gasteiger partial charge in [0.1, 0.15) is 0 Å². The molecule has 1 saturated heterocycles. The molecule has 0 radical (unpaired) electrons. The van der Waals surface area contributed by atoms with Gasteiger partial charge in [-0.25, -0.2) is 13.1 Å². The lowest BCUT2D eigenvalue weighted by molar-refractivity contribution is 0.361. The Labute approximate surface area is 139 Å². The molecule has 1 heterocycles. The smallest absolute Gasteiger partial charge is 0.241 e. The van der Waals surface area contributed by atoms with Crippen LogP contribution in [0.4, 0.5) is 0 Å². The third-order valence-corrected chi connectivity index (χ3v) is 5.86. The van der Waals surface area contributed by atoms with Crippen LogP contribution in [-0.4, -0.2) is 27.0 Å². The van der Waals surface area contributed by atoms with Crippen LogP contribution >= 0.6 is 39.9 Å². The summed E-state index contributed by atoms with van der Waals surface area (Å²) >= 11 is 9.07. The Morgan fingerprint density at radius 3 is 2.75 bits per heavy atom. The molecule has 0 aliphatic carbocycles. The first-order valence-electron chi connectivity index (χ1n) is 6.09. The normalized spacial score (nSPS) is 23.1. The molecular weight excluding hydrogens is 387 g/mol. The quantitative estimate of drug-likeness (QED) is 0.815. The molecule has 0 saturated carbocycles. The maximum Gasteiger partial charge on any atom is 0.241 e. The van der Waals surface area contributed by atoms with Crippen molar-refractivity contribution in [2.24, 2.45) is 0 Å². The fourth-order valence-electron chi connectivity index (χ4n) is 2.22. The first-order valence-corrected chi connectivity index (χ1v) is 8.74. The second-order valence-electron chi connectivity index (χ2n) is 4.77. The van der Waals surface area contributed by atoms with Gasteiger partial charge in [0.25, 0.3) is 0 Å². The predicted octanol–water partition coefficient (Wildman–Crippen LogP) is 2.94. The third kappa shape index (κ3) is 4.58. The zero-order valence-electron chi connectivity index (χ0n) is 10.9. The Morgan fingerprint density at radius 1 is 1.45 bits per heavy atom. The minimum absolute atomic E-state index is 0. The van der Waals surface area contributed by atoms with Gasteiger partial charge in [-0.1, -0.05) is 11.6 Å². The molecule has 0 aromatic heterocycles. The van der Waals surface area contributed by atoms with E-state index in [1.54, 1.807) is 12.1 Å². The summed E-state index contributed by atoms with van der Waals surface area (Å²) in [5.41, 5.74) is 0. The van der Waals surface area contributed by atoms with E-state index in [4.69, 9.17) is 11.6 Å². The van der Waals surface area contributed by atoms with Gasteiger partial charge in [-0.2, -0.15) is 0 Å². The summed E-state index contributed by atoms with van der Waals surface area (Å²) in [4.78, 5) is 0.225. The van der Waals surface area contributed by atoms with Crippen molar-refractivity contribution in [2.75, 3.05) is 6.54 Å². The van der Waals surface area contributed by atoms with Crippen molar-refractivity contribution in [2.45, 2.75) is 36.7 Å². The van der Waals surface area contributed by atoms with Crippen molar-refractivity contribution in [1.29, 1.82) is 0 Å². The second-order valence-corrected chi connectivity index (χ2v) is 7.75. The number of sulfonamides is 1. The average Bonchev–Trinajstić information content (AvgIpc) is 2.27. The molecular formula is C12H17BrCl2N2O2S. The van der Waals surface area contributed by atoms with Gasteiger partial charge in [0.15, 0.2) is 0 Å². The van der Waals surface area contributed by atoms with Crippen LogP contribution in [0, 0.1) is 0 Å². The van der Waals surface area contributed by atoms with E-state index >= 15 is 0 Å². The average molecular weight is 404 g/mol. The molecule has 0 bridgehead atoms. The van der Waals surface area contributed by atoms with E-state index in [0.29, 0.717) is 15.5 Å². The molecule has 1 aromatic carbocycles. The number of rotatable bonds is 3. The summed E-state index contributed by atoms with van der Waals surface area (Å²) in [6, 6.07) is 4.98. The molecule has 20 heavy (non-hydrogen) atoms. The summed E-state index contributed by atoms with van der Waals surface area (Å²) in [6.45, 7) is 2.88. The number of hydrogen-bond acceptors (Lipinski definition) is 3. The minimum atomic E-state index is -3.51. The van der Waals surface area contributed by atoms with E-state index in [2.05, 4.69) is 32.9 Å². The summed E-state index contributed by atoms with van der Waals surface area (Å²) in [7, 11) is -3.51. The molecule has 2 atom stereocenters. The number of piperidine rings is 1. The molecule has 1 aromatic rings. The highest BCUT2D eigenvalue weighted by molar-refractivity contribution is 9.10. The maximum atomic E-state index is 12.3. The Morgan fingerprint density at radius 2 is 2.15 bits per heavy atom. The largest absolute Gasteiger partial charge is 0.314 e. The lowest BCUT2D eigenvalue weighted by atomic mass is 10.0. The number of halogens is 3. The van der Waals surface area contributed by atoms with Crippen LogP contribution in [0.1, 0.15) is 19.8 Å². The summed E-state index contributed by atoms with van der Waals surface area (Å²) in [6.07, 6.45) is 1.60. The summed E-state index contributed by atoms with van der Waals surface area (Å²) in [5.74, 6) is 0. The Balaban J connectivity index is 0.00000200. The number of hydrogen-bond donors (Lipinski definition) is 2. The SMILES string of the molecule is CC1CC(NS(=O)(=O)c2ccc(Cl)cc2Br)CCN1.Cl. The zero-order valence-corrected chi connectivity index (χ0v) is 14.9. The van der Waals surface area contributed by atoms with E-state index in [1.807, 2.05) is 0 Å². The zero-order chi connectivity index (χ0) is 14.0. The van der Waals surface area contributed by atoms with E-state index < -0.39 is 10.0 Å². The molecule has 0 amide bonds. The maximum absolute atomic E-state index is 12.3. The van der Waals surface area contributed by atoms with Crippen LogP contribution < -0.4 is 10.0 Å². The first kappa shape index (κ1) is 18.2. The highest BCUT2D eigenvalue weighted by Crippen LogP contribution is 2.26. The van der Waals surface area contributed by atoms with Crippen LogP contribution in [0.25, 0.3) is 0 Å². The summed E-state index contributed by atoms with van der Waals surface area (Å²) < 4.78 is 27.9. The van der Waals surface area contributed by atoms with E-state index in [9.17, 15) is 8.42 Å². The fraction of sp³-hybridized carbons (Fsp3) is 0.500. The van der Waals surface area contributed by atoms with Crippen LogP contribution in [0.5, 0.6) is 0 Å². The molecule has 1 aliphatic heterocycles. The van der Waals surface area contributed by atoms with Crippen LogP contribution in [0.3, 0.4) is 0 Å². The molecule has 2 N–H and O–H groups in total.